The number of nitrogens with zero attached hydrogens (tertiary/aromatic N) is 2. The fourth-order valence-electron chi connectivity index (χ4n) is 3.85. The number of nitrogens with one attached hydrogen (secondary N) is 2. The average Bonchev–Trinajstić information content (AvgIpc) is 3.25. The Morgan fingerprint density at radius 1 is 1.18 bits per heavy atom. The normalized spacial score (nSPS) is 23.1. The molecule has 2 atom stereocenters. The van der Waals surface area contributed by atoms with Crippen molar-refractivity contribution in [2.75, 3.05) is 20.1 Å². The molecule has 1 aliphatic carbocycles. The first-order chi connectivity index (χ1) is 13.2. The molecule has 28 heavy (non-hydrogen) atoms. The van der Waals surface area contributed by atoms with Crippen LogP contribution in [0.2, 0.25) is 0 Å². The van der Waals surface area contributed by atoms with E-state index in [0.29, 0.717) is 18.0 Å². The molecule has 2 aliphatic rings. The van der Waals surface area contributed by atoms with E-state index in [2.05, 4.69) is 77.5 Å². The number of benzene rings is 1. The Balaban J connectivity index is 0.00000225. The van der Waals surface area contributed by atoms with Crippen LogP contribution in [0.3, 0.4) is 0 Å². The highest BCUT2D eigenvalue weighted by atomic mass is 127. The molecule has 0 radical (unpaired) electrons. The molecule has 2 N–H and O–H groups in total. The third kappa shape index (κ3) is 5.93. The molecule has 2 unspecified atom stereocenters. The van der Waals surface area contributed by atoms with Gasteiger partial charge in [-0.1, -0.05) is 28.1 Å². The van der Waals surface area contributed by atoms with Gasteiger partial charge in [0, 0.05) is 49.2 Å². The van der Waals surface area contributed by atoms with E-state index in [-0.39, 0.29) is 24.0 Å². The fourth-order valence-corrected chi connectivity index (χ4v) is 4.77. The van der Waals surface area contributed by atoms with Crippen molar-refractivity contribution >= 4 is 57.2 Å². The van der Waals surface area contributed by atoms with Crippen LogP contribution in [-0.4, -0.2) is 43.1 Å². The van der Waals surface area contributed by atoms with E-state index in [9.17, 15) is 0 Å². The predicted molar refractivity (Wildman–Crippen MR) is 133 cm³/mol. The lowest BCUT2D eigenvalue weighted by Gasteiger charge is -2.33. The Kier molecular flexibility index (Phi) is 8.20. The molecule has 0 amide bonds. The van der Waals surface area contributed by atoms with Crippen molar-refractivity contribution in [1.29, 1.82) is 0 Å². The molecule has 4 rings (SSSR count). The Morgan fingerprint density at radius 3 is 2.57 bits per heavy atom. The maximum atomic E-state index is 4.46. The molecule has 2 fully saturated rings. The van der Waals surface area contributed by atoms with Gasteiger partial charge in [-0.25, -0.2) is 0 Å². The Morgan fingerprint density at radius 2 is 1.93 bits per heavy atom. The summed E-state index contributed by atoms with van der Waals surface area (Å²) in [5.74, 6) is 1.56. The van der Waals surface area contributed by atoms with Crippen LogP contribution < -0.4 is 10.6 Å². The van der Waals surface area contributed by atoms with Gasteiger partial charge in [-0.15, -0.1) is 24.0 Å². The summed E-state index contributed by atoms with van der Waals surface area (Å²) >= 11 is 5.30. The van der Waals surface area contributed by atoms with Gasteiger partial charge in [0.25, 0.3) is 0 Å². The number of rotatable bonds is 5. The fraction of sp³-hybridized carbons (Fsp3) is 0.476. The molecule has 2 aromatic rings. The molecule has 1 aromatic heterocycles. The van der Waals surface area contributed by atoms with E-state index in [1.165, 1.54) is 30.4 Å². The van der Waals surface area contributed by atoms with Crippen molar-refractivity contribution in [2.24, 2.45) is 4.99 Å². The zero-order valence-corrected chi connectivity index (χ0v) is 20.8. The third-order valence-electron chi connectivity index (χ3n) is 5.55. The zero-order valence-electron chi connectivity index (χ0n) is 16.1. The second kappa shape index (κ2) is 10.4. The van der Waals surface area contributed by atoms with Gasteiger partial charge >= 0.3 is 0 Å². The first-order valence-electron chi connectivity index (χ1n) is 9.70. The minimum absolute atomic E-state index is 0. The van der Waals surface area contributed by atoms with E-state index in [1.807, 2.05) is 7.05 Å². The van der Waals surface area contributed by atoms with Crippen molar-refractivity contribution in [1.82, 2.24) is 15.5 Å². The minimum atomic E-state index is 0. The molecule has 1 aliphatic heterocycles. The van der Waals surface area contributed by atoms with Gasteiger partial charge in [-0.3, -0.25) is 9.89 Å². The van der Waals surface area contributed by atoms with Crippen LogP contribution >= 0.6 is 51.2 Å². The highest BCUT2D eigenvalue weighted by molar-refractivity contribution is 14.0. The van der Waals surface area contributed by atoms with Crippen molar-refractivity contribution < 1.29 is 0 Å². The van der Waals surface area contributed by atoms with Crippen LogP contribution in [0.15, 0.2) is 50.6 Å². The van der Waals surface area contributed by atoms with Crippen molar-refractivity contribution in [3.8, 4) is 0 Å². The van der Waals surface area contributed by atoms with Crippen LogP contribution in [0.5, 0.6) is 0 Å². The number of likely N-dealkylation sites (tertiary alicyclic amines) is 1. The number of hydrogen-bond donors (Lipinski definition) is 2. The number of halogens is 2. The van der Waals surface area contributed by atoms with E-state index in [0.717, 1.165) is 30.1 Å². The van der Waals surface area contributed by atoms with Crippen LogP contribution in [0.4, 0.5) is 0 Å². The van der Waals surface area contributed by atoms with Gasteiger partial charge in [0.15, 0.2) is 5.96 Å². The molecule has 1 saturated heterocycles. The second-order valence-electron chi connectivity index (χ2n) is 7.54. The van der Waals surface area contributed by atoms with E-state index in [1.54, 1.807) is 11.3 Å². The topological polar surface area (TPSA) is 39.7 Å². The molecule has 1 saturated carbocycles. The Bertz CT molecular complexity index is 757. The molecule has 152 valence electrons. The number of thiophene rings is 1. The predicted octanol–water partition coefficient (Wildman–Crippen LogP) is 4.81. The quantitative estimate of drug-likeness (QED) is 0.306. The molecular weight excluding hydrogens is 547 g/mol. The molecular formula is C21H28BrIN4S. The van der Waals surface area contributed by atoms with Gasteiger partial charge in [0.2, 0.25) is 0 Å². The summed E-state index contributed by atoms with van der Waals surface area (Å²) in [7, 11) is 1.87. The highest BCUT2D eigenvalue weighted by Crippen LogP contribution is 2.41. The summed E-state index contributed by atoms with van der Waals surface area (Å²) < 4.78 is 1.14. The summed E-state index contributed by atoms with van der Waals surface area (Å²) in [4.78, 5) is 7.02. The molecule has 4 nitrogen and oxygen atoms in total. The third-order valence-corrected chi connectivity index (χ3v) is 6.81. The number of aliphatic imine (C=N–C) groups is 1. The van der Waals surface area contributed by atoms with Crippen LogP contribution in [-0.2, 0) is 6.54 Å². The summed E-state index contributed by atoms with van der Waals surface area (Å²) in [5.41, 5.74) is 2.85. The lowest BCUT2D eigenvalue weighted by Crippen LogP contribution is -2.49. The smallest absolute Gasteiger partial charge is 0.191 e. The van der Waals surface area contributed by atoms with Gasteiger partial charge in [-0.05, 0) is 59.3 Å². The van der Waals surface area contributed by atoms with E-state index >= 15 is 0 Å². The number of guanidine groups is 1. The second-order valence-corrected chi connectivity index (χ2v) is 9.24. The maximum absolute atomic E-state index is 4.46. The van der Waals surface area contributed by atoms with Crippen molar-refractivity contribution in [2.45, 2.75) is 43.8 Å². The Hall–Kier alpha value is -0.640. The van der Waals surface area contributed by atoms with Gasteiger partial charge in [0.05, 0.1) is 0 Å². The largest absolute Gasteiger partial charge is 0.354 e. The number of hydrogen-bond acceptors (Lipinski definition) is 3. The molecule has 7 heteroatoms. The van der Waals surface area contributed by atoms with Crippen molar-refractivity contribution in [3.05, 3.63) is 56.7 Å². The minimum Gasteiger partial charge on any atom is -0.354 e. The van der Waals surface area contributed by atoms with Crippen LogP contribution in [0.25, 0.3) is 0 Å². The molecule has 1 aromatic carbocycles. The standard InChI is InChI=1S/C21H27BrN4S.HI/c1-23-21(25-20-12-19(20)16-2-4-17(22)5-3-16)24-18-6-9-26(10-7-18)13-15-8-11-27-14-15;/h2-5,8,11,14,18-20H,6-7,9-10,12-13H2,1H3,(H2,23,24,25);1H. The summed E-state index contributed by atoms with van der Waals surface area (Å²) in [5, 5.41) is 11.7. The van der Waals surface area contributed by atoms with Gasteiger partial charge in [-0.2, -0.15) is 11.3 Å². The van der Waals surface area contributed by atoms with Crippen LogP contribution in [0.1, 0.15) is 36.3 Å². The lowest BCUT2D eigenvalue weighted by atomic mass is 10.0. The van der Waals surface area contributed by atoms with E-state index in [4.69, 9.17) is 0 Å². The summed E-state index contributed by atoms with van der Waals surface area (Å²) in [6, 6.07) is 11.9. The summed E-state index contributed by atoms with van der Waals surface area (Å²) in [6.45, 7) is 3.38. The Labute approximate surface area is 197 Å². The molecule has 2 heterocycles. The lowest BCUT2D eigenvalue weighted by molar-refractivity contribution is 0.198. The average molecular weight is 575 g/mol. The SMILES string of the molecule is CN=C(NC1CCN(Cc2ccsc2)CC1)NC1CC1c1ccc(Br)cc1.I. The van der Waals surface area contributed by atoms with Crippen LogP contribution in [0, 0.1) is 0 Å². The first kappa shape index (κ1) is 22.1. The van der Waals surface area contributed by atoms with E-state index < -0.39 is 0 Å². The molecule has 0 spiro atoms. The van der Waals surface area contributed by atoms with Crippen molar-refractivity contribution in [3.63, 3.8) is 0 Å². The first-order valence-corrected chi connectivity index (χ1v) is 11.4. The maximum Gasteiger partial charge on any atom is 0.191 e. The van der Waals surface area contributed by atoms with Gasteiger partial charge in [0.1, 0.15) is 0 Å². The monoisotopic (exact) mass is 574 g/mol. The van der Waals surface area contributed by atoms with Gasteiger partial charge < -0.3 is 10.6 Å². The number of piperidine rings is 1. The summed E-state index contributed by atoms with van der Waals surface area (Å²) in [6.07, 6.45) is 3.53. The zero-order chi connectivity index (χ0) is 18.6. The molecule has 0 bridgehead atoms. The highest BCUT2D eigenvalue weighted by Gasteiger charge is 2.39.